The van der Waals surface area contributed by atoms with E-state index in [0.717, 1.165) is 35.7 Å². The predicted molar refractivity (Wildman–Crippen MR) is 114 cm³/mol. The first-order valence-corrected chi connectivity index (χ1v) is 9.43. The first kappa shape index (κ1) is 19.4. The van der Waals surface area contributed by atoms with Gasteiger partial charge in [-0.05, 0) is 68.8 Å². The fraction of sp³-hybridized carbons (Fsp3) is 0.227. The zero-order valence-electron chi connectivity index (χ0n) is 16.4. The number of nitrogens with one attached hydrogen (secondary N) is 2. The van der Waals surface area contributed by atoms with Crippen molar-refractivity contribution >= 4 is 28.8 Å². The summed E-state index contributed by atoms with van der Waals surface area (Å²) < 4.78 is 0. The minimum absolute atomic E-state index is 0.269. The van der Waals surface area contributed by atoms with Gasteiger partial charge in [0.2, 0.25) is 0 Å². The number of hydrogen-bond donors (Lipinski definition) is 2. The number of benzene rings is 2. The van der Waals surface area contributed by atoms with Crippen LogP contribution in [0.15, 0.2) is 60.7 Å². The van der Waals surface area contributed by atoms with Crippen LogP contribution in [0.2, 0.25) is 0 Å². The van der Waals surface area contributed by atoms with Gasteiger partial charge in [-0.1, -0.05) is 18.2 Å². The molecule has 1 amide bonds. The summed E-state index contributed by atoms with van der Waals surface area (Å²) in [6, 6.07) is 19.1. The number of amides is 1. The van der Waals surface area contributed by atoms with E-state index >= 15 is 0 Å². The molecule has 0 fully saturated rings. The third kappa shape index (κ3) is 4.65. The molecule has 0 saturated carbocycles. The van der Waals surface area contributed by atoms with Gasteiger partial charge in [0.05, 0.1) is 0 Å². The number of aromatic nitrogens is 2. The molecule has 28 heavy (non-hydrogen) atoms. The molecule has 0 atom stereocenters. The molecule has 6 nitrogen and oxygen atoms in total. The maximum Gasteiger partial charge on any atom is 0.276 e. The van der Waals surface area contributed by atoms with E-state index in [4.69, 9.17) is 0 Å². The van der Waals surface area contributed by atoms with Crippen LogP contribution in [-0.4, -0.2) is 29.2 Å². The molecule has 1 aromatic heterocycles. The molecule has 0 aliphatic heterocycles. The lowest BCUT2D eigenvalue weighted by molar-refractivity contribution is 0.102. The number of hydrogen-bond acceptors (Lipinski definition) is 5. The Balaban J connectivity index is 1.67. The highest BCUT2D eigenvalue weighted by atomic mass is 16.1. The monoisotopic (exact) mass is 375 g/mol. The van der Waals surface area contributed by atoms with E-state index in [2.05, 4.69) is 45.6 Å². The maximum atomic E-state index is 12.5. The summed E-state index contributed by atoms with van der Waals surface area (Å²) in [6.07, 6.45) is 0. The van der Waals surface area contributed by atoms with Crippen LogP contribution in [0.4, 0.5) is 22.9 Å². The van der Waals surface area contributed by atoms with Gasteiger partial charge < -0.3 is 15.5 Å². The summed E-state index contributed by atoms with van der Waals surface area (Å²) in [5.41, 5.74) is 4.11. The Morgan fingerprint density at radius 3 is 2.32 bits per heavy atom. The lowest BCUT2D eigenvalue weighted by atomic mass is 10.1. The topological polar surface area (TPSA) is 70.2 Å². The van der Waals surface area contributed by atoms with E-state index in [1.54, 1.807) is 12.1 Å². The minimum atomic E-state index is -0.280. The van der Waals surface area contributed by atoms with Crippen LogP contribution >= 0.6 is 0 Å². The van der Waals surface area contributed by atoms with Gasteiger partial charge in [0.25, 0.3) is 5.91 Å². The van der Waals surface area contributed by atoms with Crippen molar-refractivity contribution in [2.45, 2.75) is 20.8 Å². The minimum Gasteiger partial charge on any atom is -0.372 e. The standard InChI is InChI=1S/C22H25N5O/c1-4-27(5-2)18-11-12-19(16(3)15-18)24-22(28)20-13-14-21(26-25-20)23-17-9-7-6-8-10-17/h6-15H,4-5H2,1-3H3,(H,23,26)(H,24,28). The van der Waals surface area contributed by atoms with E-state index in [-0.39, 0.29) is 11.6 Å². The van der Waals surface area contributed by atoms with E-state index in [1.807, 2.05) is 49.4 Å². The van der Waals surface area contributed by atoms with Crippen LogP contribution in [0.3, 0.4) is 0 Å². The van der Waals surface area contributed by atoms with Gasteiger partial charge in [-0.3, -0.25) is 4.79 Å². The van der Waals surface area contributed by atoms with Gasteiger partial charge in [0, 0.05) is 30.2 Å². The van der Waals surface area contributed by atoms with Crippen LogP contribution in [0.5, 0.6) is 0 Å². The summed E-state index contributed by atoms with van der Waals surface area (Å²) in [7, 11) is 0. The fourth-order valence-corrected chi connectivity index (χ4v) is 2.95. The molecule has 1 heterocycles. The molecule has 0 bridgehead atoms. The summed E-state index contributed by atoms with van der Waals surface area (Å²) in [4.78, 5) is 14.8. The molecule has 2 N–H and O–H groups in total. The van der Waals surface area contributed by atoms with Gasteiger partial charge in [0.1, 0.15) is 0 Å². The fourth-order valence-electron chi connectivity index (χ4n) is 2.95. The third-order valence-corrected chi connectivity index (χ3v) is 4.53. The van der Waals surface area contributed by atoms with Gasteiger partial charge in [0.15, 0.2) is 11.5 Å². The molecule has 6 heteroatoms. The van der Waals surface area contributed by atoms with Crippen LogP contribution in [0.1, 0.15) is 29.9 Å². The van der Waals surface area contributed by atoms with Crippen molar-refractivity contribution in [1.29, 1.82) is 0 Å². The second-order valence-corrected chi connectivity index (χ2v) is 6.42. The molecule has 2 aromatic carbocycles. The Morgan fingerprint density at radius 2 is 1.71 bits per heavy atom. The summed E-state index contributed by atoms with van der Waals surface area (Å²) in [6.45, 7) is 8.13. The predicted octanol–water partition coefficient (Wildman–Crippen LogP) is 4.63. The highest BCUT2D eigenvalue weighted by molar-refractivity contribution is 6.03. The number of para-hydroxylation sites is 1. The molecule has 0 aliphatic rings. The summed E-state index contributed by atoms with van der Waals surface area (Å²) in [5, 5.41) is 14.2. The molecule has 0 aliphatic carbocycles. The molecule has 0 unspecified atom stereocenters. The SMILES string of the molecule is CCN(CC)c1ccc(NC(=O)c2ccc(Nc3ccccc3)nn2)c(C)c1. The number of carbonyl (C=O) groups is 1. The average molecular weight is 375 g/mol. The van der Waals surface area contributed by atoms with Crippen LogP contribution in [-0.2, 0) is 0 Å². The van der Waals surface area contributed by atoms with Crippen LogP contribution in [0.25, 0.3) is 0 Å². The normalized spacial score (nSPS) is 10.4. The van der Waals surface area contributed by atoms with E-state index in [0.29, 0.717) is 5.82 Å². The smallest absolute Gasteiger partial charge is 0.276 e. The second kappa shape index (κ2) is 8.99. The zero-order chi connectivity index (χ0) is 19.9. The lowest BCUT2D eigenvalue weighted by Crippen LogP contribution is -2.22. The van der Waals surface area contributed by atoms with Crippen LogP contribution < -0.4 is 15.5 Å². The average Bonchev–Trinajstić information content (AvgIpc) is 2.72. The van der Waals surface area contributed by atoms with Crippen molar-refractivity contribution < 1.29 is 4.79 Å². The number of aryl methyl sites for hydroxylation is 1. The van der Waals surface area contributed by atoms with Crippen molar-refractivity contribution in [3.63, 3.8) is 0 Å². The lowest BCUT2D eigenvalue weighted by Gasteiger charge is -2.22. The first-order chi connectivity index (χ1) is 13.6. The second-order valence-electron chi connectivity index (χ2n) is 6.42. The number of anilines is 4. The van der Waals surface area contributed by atoms with Crippen molar-refractivity contribution in [2.24, 2.45) is 0 Å². The summed E-state index contributed by atoms with van der Waals surface area (Å²) >= 11 is 0. The Kier molecular flexibility index (Phi) is 6.22. The molecule has 0 spiro atoms. The third-order valence-electron chi connectivity index (χ3n) is 4.53. The van der Waals surface area contributed by atoms with E-state index < -0.39 is 0 Å². The van der Waals surface area contributed by atoms with E-state index in [9.17, 15) is 4.79 Å². The Bertz CT molecular complexity index is 921. The highest BCUT2D eigenvalue weighted by Gasteiger charge is 2.11. The molecule has 3 aromatic rings. The maximum absolute atomic E-state index is 12.5. The molecular formula is C22H25N5O. The van der Waals surface area contributed by atoms with Gasteiger partial charge in [-0.2, -0.15) is 0 Å². The van der Waals surface area contributed by atoms with Crippen molar-refractivity contribution in [1.82, 2.24) is 10.2 Å². The Hall–Kier alpha value is -3.41. The zero-order valence-corrected chi connectivity index (χ0v) is 16.4. The number of carbonyl (C=O) groups excluding carboxylic acids is 1. The van der Waals surface area contributed by atoms with Gasteiger partial charge in [-0.25, -0.2) is 0 Å². The number of nitrogens with zero attached hydrogens (tertiary/aromatic N) is 3. The largest absolute Gasteiger partial charge is 0.372 e. The van der Waals surface area contributed by atoms with Crippen molar-refractivity contribution in [3.05, 3.63) is 71.9 Å². The molecule has 0 saturated heterocycles. The highest BCUT2D eigenvalue weighted by Crippen LogP contribution is 2.23. The van der Waals surface area contributed by atoms with Gasteiger partial charge in [-0.15, -0.1) is 10.2 Å². The first-order valence-electron chi connectivity index (χ1n) is 9.43. The summed E-state index contributed by atoms with van der Waals surface area (Å²) in [5.74, 6) is 0.306. The van der Waals surface area contributed by atoms with Crippen molar-refractivity contribution in [2.75, 3.05) is 28.6 Å². The van der Waals surface area contributed by atoms with Gasteiger partial charge >= 0.3 is 0 Å². The molecular weight excluding hydrogens is 350 g/mol. The Morgan fingerprint density at radius 1 is 0.964 bits per heavy atom. The molecule has 144 valence electrons. The molecule has 3 rings (SSSR count). The Labute approximate surface area is 165 Å². The number of rotatable bonds is 7. The molecule has 0 radical (unpaired) electrons. The van der Waals surface area contributed by atoms with Crippen LogP contribution in [0, 0.1) is 6.92 Å². The van der Waals surface area contributed by atoms with E-state index in [1.165, 1.54) is 0 Å². The quantitative estimate of drug-likeness (QED) is 0.630. The van der Waals surface area contributed by atoms with Crippen molar-refractivity contribution in [3.8, 4) is 0 Å².